The molecule has 5 N–H and O–H groups in total. The third-order valence-corrected chi connectivity index (χ3v) is 6.75. The number of fused-ring (bicyclic) bond motifs is 1. The molecule has 0 atom stereocenters. The van der Waals surface area contributed by atoms with E-state index in [0.29, 0.717) is 18.3 Å². The zero-order valence-corrected chi connectivity index (χ0v) is 17.9. The lowest BCUT2D eigenvalue weighted by Crippen LogP contribution is -2.46. The van der Waals surface area contributed by atoms with Crippen molar-refractivity contribution in [2.24, 2.45) is 12.8 Å². The van der Waals surface area contributed by atoms with E-state index in [-0.39, 0.29) is 5.41 Å². The fourth-order valence-corrected chi connectivity index (χ4v) is 4.64. The molecule has 0 bridgehead atoms. The fourth-order valence-electron chi connectivity index (χ4n) is 4.64. The van der Waals surface area contributed by atoms with Gasteiger partial charge < -0.3 is 14.8 Å². The summed E-state index contributed by atoms with van der Waals surface area (Å²) in [5, 5.41) is 9.04. The average Bonchev–Trinajstić information content (AvgIpc) is 3.28. The smallest absolute Gasteiger partial charge is 0.270 e. The third kappa shape index (κ3) is 3.44. The van der Waals surface area contributed by atoms with E-state index in [2.05, 4.69) is 28.1 Å². The van der Waals surface area contributed by atoms with E-state index in [4.69, 9.17) is 16.1 Å². The first kappa shape index (κ1) is 19.6. The molecule has 7 heteroatoms. The summed E-state index contributed by atoms with van der Waals surface area (Å²) in [6.45, 7) is 2.40. The van der Waals surface area contributed by atoms with Crippen molar-refractivity contribution in [3.8, 4) is 0 Å². The highest BCUT2D eigenvalue weighted by molar-refractivity contribution is 5.93. The number of anilines is 1. The summed E-state index contributed by atoms with van der Waals surface area (Å²) in [4.78, 5) is 20.0. The molecule has 2 fully saturated rings. The SMILES string of the molecule is Cn1c(CNc2ccc(C(N)=[NH2+])cc2)nc2cc(C3(C(=O)N4CCCC4)CC3)ccc21. The number of likely N-dealkylation sites (tertiary alicyclic amines) is 1. The molecule has 1 aliphatic carbocycles. The molecule has 160 valence electrons. The van der Waals surface area contributed by atoms with Gasteiger partial charge in [-0.15, -0.1) is 0 Å². The maximum absolute atomic E-state index is 13.1. The lowest BCUT2D eigenvalue weighted by atomic mass is 9.94. The Balaban J connectivity index is 1.36. The predicted octanol–water partition coefficient (Wildman–Crippen LogP) is 1.30. The Kier molecular flexibility index (Phi) is 4.68. The van der Waals surface area contributed by atoms with Crippen LogP contribution in [0.5, 0.6) is 0 Å². The second-order valence-corrected chi connectivity index (χ2v) is 8.76. The Labute approximate surface area is 181 Å². The first-order valence-corrected chi connectivity index (χ1v) is 11.0. The molecule has 7 nitrogen and oxygen atoms in total. The van der Waals surface area contributed by atoms with E-state index in [1.165, 1.54) is 0 Å². The molecule has 2 aromatic carbocycles. The van der Waals surface area contributed by atoms with Gasteiger partial charge in [-0.25, -0.2) is 4.98 Å². The number of hydrogen-bond acceptors (Lipinski definition) is 3. The minimum Gasteiger partial charge on any atom is -0.378 e. The van der Waals surface area contributed by atoms with E-state index < -0.39 is 0 Å². The second kappa shape index (κ2) is 7.41. The molecule has 3 aromatic rings. The Morgan fingerprint density at radius 2 is 1.87 bits per heavy atom. The van der Waals surface area contributed by atoms with Gasteiger partial charge in [-0.2, -0.15) is 0 Å². The Bertz CT molecular complexity index is 1150. The van der Waals surface area contributed by atoms with Crippen LogP contribution < -0.4 is 16.5 Å². The Hall–Kier alpha value is -3.35. The van der Waals surface area contributed by atoms with Crippen molar-refractivity contribution in [3.05, 3.63) is 59.4 Å². The highest BCUT2D eigenvalue weighted by Crippen LogP contribution is 2.50. The quantitative estimate of drug-likeness (QED) is 0.416. The van der Waals surface area contributed by atoms with Gasteiger partial charge >= 0.3 is 0 Å². The van der Waals surface area contributed by atoms with E-state index in [1.54, 1.807) is 0 Å². The topological polar surface area (TPSA) is 102 Å². The molecule has 1 amide bonds. The molecule has 31 heavy (non-hydrogen) atoms. The van der Waals surface area contributed by atoms with Gasteiger partial charge in [-0.3, -0.25) is 15.9 Å². The number of carbonyl (C=O) groups is 1. The molecule has 1 aromatic heterocycles. The van der Waals surface area contributed by atoms with E-state index >= 15 is 0 Å². The summed E-state index contributed by atoms with van der Waals surface area (Å²) in [5.74, 6) is 1.56. The van der Waals surface area contributed by atoms with Crippen molar-refractivity contribution in [2.75, 3.05) is 18.4 Å². The summed E-state index contributed by atoms with van der Waals surface area (Å²) in [6.07, 6.45) is 4.13. The van der Waals surface area contributed by atoms with Crippen molar-refractivity contribution in [1.29, 1.82) is 0 Å². The maximum atomic E-state index is 13.1. The number of rotatable bonds is 6. The molecule has 0 radical (unpaired) electrons. The van der Waals surface area contributed by atoms with Crippen molar-refractivity contribution < 1.29 is 10.2 Å². The number of benzene rings is 2. The number of nitrogens with zero attached hydrogens (tertiary/aromatic N) is 3. The minimum absolute atomic E-state index is 0.306. The van der Waals surface area contributed by atoms with Crippen LogP contribution in [-0.2, 0) is 23.8 Å². The number of amides is 1. The lowest BCUT2D eigenvalue weighted by molar-refractivity contribution is -0.132. The van der Waals surface area contributed by atoms with Crippen LogP contribution in [0.4, 0.5) is 5.69 Å². The highest BCUT2D eigenvalue weighted by atomic mass is 16.2. The minimum atomic E-state index is -0.321. The molecule has 0 spiro atoms. The van der Waals surface area contributed by atoms with Gasteiger partial charge in [0.05, 0.1) is 28.6 Å². The summed E-state index contributed by atoms with van der Waals surface area (Å²) in [5.41, 5.74) is 10.2. The number of aromatic nitrogens is 2. The van der Waals surface area contributed by atoms with Crippen LogP contribution >= 0.6 is 0 Å². The van der Waals surface area contributed by atoms with E-state index in [0.717, 1.165) is 72.4 Å². The average molecular weight is 418 g/mol. The van der Waals surface area contributed by atoms with Gasteiger partial charge in [-0.1, -0.05) is 6.07 Å². The largest absolute Gasteiger partial charge is 0.378 e. The molecule has 2 heterocycles. The molecule has 5 rings (SSSR count). The lowest BCUT2D eigenvalue weighted by Gasteiger charge is -2.23. The number of aryl methyl sites for hydroxylation is 1. The van der Waals surface area contributed by atoms with Crippen LogP contribution in [0.1, 0.15) is 42.6 Å². The Morgan fingerprint density at radius 1 is 1.16 bits per heavy atom. The normalized spacial score (nSPS) is 17.1. The summed E-state index contributed by atoms with van der Waals surface area (Å²) in [6, 6.07) is 14.0. The number of nitrogens with one attached hydrogen (secondary N) is 1. The van der Waals surface area contributed by atoms with Crippen LogP contribution in [-0.4, -0.2) is 39.3 Å². The van der Waals surface area contributed by atoms with Crippen molar-refractivity contribution in [1.82, 2.24) is 14.5 Å². The van der Waals surface area contributed by atoms with E-state index in [1.807, 2.05) is 36.2 Å². The zero-order valence-electron chi connectivity index (χ0n) is 17.9. The zero-order chi connectivity index (χ0) is 21.6. The molecule has 2 aliphatic rings. The van der Waals surface area contributed by atoms with Crippen molar-refractivity contribution in [2.45, 2.75) is 37.6 Å². The van der Waals surface area contributed by atoms with Crippen LogP contribution in [0, 0.1) is 0 Å². The molecule has 1 aliphatic heterocycles. The van der Waals surface area contributed by atoms with E-state index in [9.17, 15) is 4.79 Å². The van der Waals surface area contributed by atoms with Crippen LogP contribution in [0.3, 0.4) is 0 Å². The second-order valence-electron chi connectivity index (χ2n) is 8.76. The molecule has 1 saturated carbocycles. The predicted molar refractivity (Wildman–Crippen MR) is 121 cm³/mol. The first-order chi connectivity index (χ1) is 15.0. The monoisotopic (exact) mass is 417 g/mol. The van der Waals surface area contributed by atoms with Crippen molar-refractivity contribution in [3.63, 3.8) is 0 Å². The molecular weight excluding hydrogens is 388 g/mol. The number of carbonyl (C=O) groups excluding carboxylic acids is 1. The first-order valence-electron chi connectivity index (χ1n) is 11.0. The molecular formula is C24H29N6O+. The summed E-state index contributed by atoms with van der Waals surface area (Å²) in [7, 11) is 2.03. The van der Waals surface area contributed by atoms with Crippen LogP contribution in [0.25, 0.3) is 11.0 Å². The van der Waals surface area contributed by atoms with Gasteiger partial charge in [0.2, 0.25) is 5.91 Å². The van der Waals surface area contributed by atoms with Crippen LogP contribution in [0.2, 0.25) is 0 Å². The third-order valence-electron chi connectivity index (χ3n) is 6.75. The van der Waals surface area contributed by atoms with Gasteiger partial charge in [0.1, 0.15) is 5.82 Å². The van der Waals surface area contributed by atoms with Crippen LogP contribution in [0.15, 0.2) is 42.5 Å². The number of imidazole rings is 1. The highest BCUT2D eigenvalue weighted by Gasteiger charge is 2.53. The maximum Gasteiger partial charge on any atom is 0.270 e. The summed E-state index contributed by atoms with van der Waals surface area (Å²) < 4.78 is 2.11. The van der Waals surface area contributed by atoms with Gasteiger partial charge in [-0.05, 0) is 67.6 Å². The van der Waals surface area contributed by atoms with Crippen molar-refractivity contribution >= 4 is 28.5 Å². The summed E-state index contributed by atoms with van der Waals surface area (Å²) >= 11 is 0. The van der Waals surface area contributed by atoms with Gasteiger partial charge in [0.25, 0.3) is 5.84 Å². The van der Waals surface area contributed by atoms with Gasteiger partial charge in [0, 0.05) is 25.8 Å². The number of hydrogen-bond donors (Lipinski definition) is 3. The fraction of sp³-hybridized carbons (Fsp3) is 0.375. The number of amidine groups is 1. The number of nitrogens with two attached hydrogens (primary N) is 2. The standard InChI is InChI=1S/C24H28N6O/c1-29-20-9-6-17(24(10-11-24)23(31)30-12-2-3-13-30)14-19(20)28-21(29)15-27-18-7-4-16(5-8-18)22(25)26/h4-9,14,27H,2-3,10-13,15H2,1H3,(H3,25,26)/p+1. The molecule has 1 saturated heterocycles. The Morgan fingerprint density at radius 3 is 2.52 bits per heavy atom. The van der Waals surface area contributed by atoms with Gasteiger partial charge in [0.15, 0.2) is 0 Å². The molecule has 0 unspecified atom stereocenters.